The van der Waals surface area contributed by atoms with Crippen molar-refractivity contribution >= 4 is 21.6 Å². The molecular formula is C20H25FN2O3S. The Kier molecular flexibility index (Phi) is 6.59. The first-order chi connectivity index (χ1) is 12.6. The number of halogens is 1. The van der Waals surface area contributed by atoms with E-state index in [2.05, 4.69) is 5.32 Å². The van der Waals surface area contributed by atoms with Gasteiger partial charge in [0.15, 0.2) is 0 Å². The minimum Gasteiger partial charge on any atom is -0.348 e. The first-order valence-corrected chi connectivity index (χ1v) is 10.6. The minimum absolute atomic E-state index is 0.215. The summed E-state index contributed by atoms with van der Waals surface area (Å²) in [5.74, 6) is -0.894. The van der Waals surface area contributed by atoms with Gasteiger partial charge in [0.05, 0.1) is 18.0 Å². The monoisotopic (exact) mass is 392 g/mol. The molecule has 0 radical (unpaired) electrons. The largest absolute Gasteiger partial charge is 0.348 e. The van der Waals surface area contributed by atoms with E-state index in [9.17, 15) is 17.6 Å². The van der Waals surface area contributed by atoms with E-state index in [4.69, 9.17) is 0 Å². The number of amides is 1. The fourth-order valence-electron chi connectivity index (χ4n) is 2.99. The molecule has 0 aliphatic rings. The number of nitrogens with one attached hydrogen (secondary N) is 1. The number of benzene rings is 2. The third-order valence-electron chi connectivity index (χ3n) is 4.35. The van der Waals surface area contributed by atoms with Crippen LogP contribution in [0.3, 0.4) is 0 Å². The van der Waals surface area contributed by atoms with Crippen LogP contribution >= 0.6 is 0 Å². The van der Waals surface area contributed by atoms with E-state index in [0.29, 0.717) is 6.42 Å². The predicted octanol–water partition coefficient (Wildman–Crippen LogP) is 3.48. The molecule has 1 unspecified atom stereocenters. The van der Waals surface area contributed by atoms with Crippen molar-refractivity contribution in [2.45, 2.75) is 33.2 Å². The lowest BCUT2D eigenvalue weighted by molar-refractivity contribution is -0.120. The molecule has 0 spiro atoms. The molecule has 1 N–H and O–H groups in total. The summed E-state index contributed by atoms with van der Waals surface area (Å²) in [6, 6.07) is 10.8. The van der Waals surface area contributed by atoms with Crippen molar-refractivity contribution in [3.8, 4) is 0 Å². The maximum Gasteiger partial charge on any atom is 0.241 e. The third-order valence-corrected chi connectivity index (χ3v) is 5.49. The predicted molar refractivity (Wildman–Crippen MR) is 106 cm³/mol. The van der Waals surface area contributed by atoms with Gasteiger partial charge in [-0.15, -0.1) is 0 Å². The van der Waals surface area contributed by atoms with Gasteiger partial charge in [0.1, 0.15) is 12.4 Å². The normalized spacial score (nSPS) is 12.5. The molecule has 0 aliphatic carbocycles. The number of hydrogen-bond acceptors (Lipinski definition) is 3. The number of aryl methyl sites for hydroxylation is 2. The Labute approximate surface area is 160 Å². The van der Waals surface area contributed by atoms with Crippen molar-refractivity contribution in [3.05, 3.63) is 65.0 Å². The molecule has 0 aliphatic heterocycles. The molecule has 2 aromatic carbocycles. The maximum absolute atomic E-state index is 13.1. The van der Waals surface area contributed by atoms with E-state index in [1.54, 1.807) is 0 Å². The van der Waals surface area contributed by atoms with Gasteiger partial charge in [0, 0.05) is 0 Å². The van der Waals surface area contributed by atoms with Crippen LogP contribution in [0.15, 0.2) is 42.5 Å². The number of sulfonamides is 1. The van der Waals surface area contributed by atoms with Crippen LogP contribution in [0.25, 0.3) is 0 Å². The van der Waals surface area contributed by atoms with Gasteiger partial charge in [-0.25, -0.2) is 12.8 Å². The van der Waals surface area contributed by atoms with Crippen LogP contribution in [-0.2, 0) is 14.8 Å². The van der Waals surface area contributed by atoms with E-state index in [1.807, 2.05) is 39.0 Å². The first kappa shape index (κ1) is 20.9. The van der Waals surface area contributed by atoms with E-state index >= 15 is 0 Å². The highest BCUT2D eigenvalue weighted by atomic mass is 32.2. The zero-order valence-electron chi connectivity index (χ0n) is 16.0. The summed E-state index contributed by atoms with van der Waals surface area (Å²) >= 11 is 0. The summed E-state index contributed by atoms with van der Waals surface area (Å²) in [6.07, 6.45) is 1.69. The highest BCUT2D eigenvalue weighted by molar-refractivity contribution is 7.92. The molecule has 0 fully saturated rings. The Morgan fingerprint density at radius 2 is 1.78 bits per heavy atom. The fourth-order valence-corrected chi connectivity index (χ4v) is 3.85. The first-order valence-electron chi connectivity index (χ1n) is 8.71. The van der Waals surface area contributed by atoms with E-state index in [1.165, 1.54) is 12.1 Å². The van der Waals surface area contributed by atoms with Crippen LogP contribution < -0.4 is 9.62 Å². The third kappa shape index (κ3) is 5.53. The highest BCUT2D eigenvalue weighted by Crippen LogP contribution is 2.22. The average Bonchev–Trinajstić information content (AvgIpc) is 2.58. The molecule has 27 heavy (non-hydrogen) atoms. The second-order valence-corrected chi connectivity index (χ2v) is 8.54. The van der Waals surface area contributed by atoms with Crippen molar-refractivity contribution in [3.63, 3.8) is 0 Å². The van der Waals surface area contributed by atoms with Crippen molar-refractivity contribution in [2.24, 2.45) is 0 Å². The zero-order valence-corrected chi connectivity index (χ0v) is 16.8. The molecule has 5 nitrogen and oxygen atoms in total. The average molecular weight is 392 g/mol. The summed E-state index contributed by atoms with van der Waals surface area (Å²) in [4.78, 5) is 12.6. The molecule has 0 saturated carbocycles. The Morgan fingerprint density at radius 3 is 2.30 bits per heavy atom. The maximum atomic E-state index is 13.1. The Balaban J connectivity index is 2.20. The molecule has 7 heteroatoms. The van der Waals surface area contributed by atoms with Gasteiger partial charge in [0.2, 0.25) is 15.9 Å². The quantitative estimate of drug-likeness (QED) is 0.785. The Bertz CT molecular complexity index is 911. The van der Waals surface area contributed by atoms with Crippen molar-refractivity contribution in [1.82, 2.24) is 5.32 Å². The molecule has 0 saturated heterocycles. The summed E-state index contributed by atoms with van der Waals surface area (Å²) in [5.41, 5.74) is 3.45. The van der Waals surface area contributed by atoms with Crippen LogP contribution in [0.5, 0.6) is 0 Å². The van der Waals surface area contributed by atoms with Crippen LogP contribution in [-0.4, -0.2) is 27.1 Å². The van der Waals surface area contributed by atoms with E-state index in [0.717, 1.165) is 39.4 Å². The van der Waals surface area contributed by atoms with E-state index < -0.39 is 21.7 Å². The summed E-state index contributed by atoms with van der Waals surface area (Å²) in [5, 5.41) is 2.91. The lowest BCUT2D eigenvalue weighted by Crippen LogP contribution is -2.41. The van der Waals surface area contributed by atoms with Crippen molar-refractivity contribution < 1.29 is 17.6 Å². The van der Waals surface area contributed by atoms with Gasteiger partial charge in [-0.1, -0.05) is 30.7 Å². The van der Waals surface area contributed by atoms with Gasteiger partial charge < -0.3 is 5.32 Å². The second-order valence-electron chi connectivity index (χ2n) is 6.63. The summed E-state index contributed by atoms with van der Waals surface area (Å²) in [6.45, 7) is 5.58. The molecule has 0 heterocycles. The standard InChI is InChI=1S/C20H25FN2O3S/c1-5-19(18-11-6-14(2)12-15(18)3)22-20(24)13-23(27(4,25)26)17-9-7-16(21)8-10-17/h6-12,19H,5,13H2,1-4H3,(H,22,24). The van der Waals surface area contributed by atoms with Gasteiger partial charge in [0.25, 0.3) is 0 Å². The lowest BCUT2D eigenvalue weighted by atomic mass is 9.97. The number of carbonyl (C=O) groups excluding carboxylic acids is 1. The highest BCUT2D eigenvalue weighted by Gasteiger charge is 2.23. The van der Waals surface area contributed by atoms with Crippen LogP contribution in [0, 0.1) is 19.7 Å². The lowest BCUT2D eigenvalue weighted by Gasteiger charge is -2.25. The molecule has 2 rings (SSSR count). The topological polar surface area (TPSA) is 66.5 Å². The van der Waals surface area contributed by atoms with Crippen molar-refractivity contribution in [1.29, 1.82) is 0 Å². The van der Waals surface area contributed by atoms with E-state index in [-0.39, 0.29) is 18.3 Å². The second kappa shape index (κ2) is 8.52. The zero-order chi connectivity index (χ0) is 20.2. The van der Waals surface area contributed by atoms with Gasteiger partial charge in [-0.3, -0.25) is 9.10 Å². The summed E-state index contributed by atoms with van der Waals surface area (Å²) in [7, 11) is -3.70. The number of carbonyl (C=O) groups is 1. The van der Waals surface area contributed by atoms with Crippen LogP contribution in [0.4, 0.5) is 10.1 Å². The molecular weight excluding hydrogens is 367 g/mol. The van der Waals surface area contributed by atoms with Crippen LogP contribution in [0.2, 0.25) is 0 Å². The number of anilines is 1. The van der Waals surface area contributed by atoms with Crippen LogP contribution in [0.1, 0.15) is 36.1 Å². The Morgan fingerprint density at radius 1 is 1.15 bits per heavy atom. The molecule has 0 bridgehead atoms. The van der Waals surface area contributed by atoms with Crippen molar-refractivity contribution in [2.75, 3.05) is 17.1 Å². The number of hydrogen-bond donors (Lipinski definition) is 1. The molecule has 146 valence electrons. The van der Waals surface area contributed by atoms with Gasteiger partial charge >= 0.3 is 0 Å². The molecule has 1 amide bonds. The fraction of sp³-hybridized carbons (Fsp3) is 0.350. The number of nitrogens with zero attached hydrogens (tertiary/aromatic N) is 1. The molecule has 1 atom stereocenters. The molecule has 0 aromatic heterocycles. The smallest absolute Gasteiger partial charge is 0.241 e. The summed E-state index contributed by atoms with van der Waals surface area (Å²) < 4.78 is 38.3. The SMILES string of the molecule is CCC(NC(=O)CN(c1ccc(F)cc1)S(C)(=O)=O)c1ccc(C)cc1C. The number of rotatable bonds is 7. The minimum atomic E-state index is -3.70. The van der Waals surface area contributed by atoms with Gasteiger partial charge in [-0.05, 0) is 55.7 Å². The Hall–Kier alpha value is -2.41. The molecule has 2 aromatic rings. The van der Waals surface area contributed by atoms with Gasteiger partial charge in [-0.2, -0.15) is 0 Å².